The van der Waals surface area contributed by atoms with E-state index >= 15 is 0 Å². The van der Waals surface area contributed by atoms with Gasteiger partial charge >= 0.3 is 0 Å². The molecule has 0 aromatic heterocycles. The van der Waals surface area contributed by atoms with E-state index in [1.54, 1.807) is 24.4 Å². The molecule has 1 aromatic carbocycles. The standard InChI is InChI=1S/C22H37N3O2S/c1-3-5-6-7-8-9-10-11-12-13-16-23-22(28)25-24-18-19-14-15-20(26)21(17-19)27-4-2/h14-15,17-18,26H,3-13,16H2,1-2H3,(H2,23,25,28). The summed E-state index contributed by atoms with van der Waals surface area (Å²) in [6.45, 7) is 5.50. The molecule has 0 unspecified atom stereocenters. The number of aromatic hydroxyl groups is 1. The van der Waals surface area contributed by atoms with Crippen LogP contribution in [-0.4, -0.2) is 29.6 Å². The molecule has 6 heteroatoms. The number of nitrogens with one attached hydrogen (secondary N) is 2. The molecule has 1 rings (SSSR count). The summed E-state index contributed by atoms with van der Waals surface area (Å²) in [6, 6.07) is 5.10. The number of phenols is 1. The summed E-state index contributed by atoms with van der Waals surface area (Å²) in [5, 5.41) is 17.5. The topological polar surface area (TPSA) is 65.9 Å². The second-order valence-electron chi connectivity index (χ2n) is 6.97. The Morgan fingerprint density at radius 2 is 1.68 bits per heavy atom. The predicted molar refractivity (Wildman–Crippen MR) is 122 cm³/mol. The summed E-state index contributed by atoms with van der Waals surface area (Å²) in [5.41, 5.74) is 3.64. The van der Waals surface area contributed by atoms with Gasteiger partial charge in [-0.1, -0.05) is 64.7 Å². The van der Waals surface area contributed by atoms with Gasteiger partial charge in [0.25, 0.3) is 0 Å². The quantitative estimate of drug-likeness (QED) is 0.155. The van der Waals surface area contributed by atoms with Crippen molar-refractivity contribution in [1.82, 2.24) is 10.7 Å². The number of hydrogen-bond donors (Lipinski definition) is 3. The van der Waals surface area contributed by atoms with Crippen LogP contribution in [-0.2, 0) is 0 Å². The highest BCUT2D eigenvalue weighted by Gasteiger charge is 2.02. The van der Waals surface area contributed by atoms with E-state index in [1.165, 1.54) is 57.8 Å². The molecule has 0 fully saturated rings. The average molecular weight is 408 g/mol. The molecular weight excluding hydrogens is 370 g/mol. The lowest BCUT2D eigenvalue weighted by molar-refractivity contribution is 0.318. The molecule has 0 saturated heterocycles. The van der Waals surface area contributed by atoms with E-state index in [4.69, 9.17) is 17.0 Å². The Kier molecular flexibility index (Phi) is 14.0. The van der Waals surface area contributed by atoms with Crippen LogP contribution in [0.15, 0.2) is 23.3 Å². The van der Waals surface area contributed by atoms with Crippen LogP contribution in [0.4, 0.5) is 0 Å². The first-order valence-electron chi connectivity index (χ1n) is 10.7. The number of unbranched alkanes of at least 4 members (excludes halogenated alkanes) is 9. The fraction of sp³-hybridized carbons (Fsp3) is 0.636. The lowest BCUT2D eigenvalue weighted by atomic mass is 10.1. The maximum absolute atomic E-state index is 9.70. The van der Waals surface area contributed by atoms with Gasteiger partial charge < -0.3 is 15.2 Å². The molecule has 0 aliphatic carbocycles. The van der Waals surface area contributed by atoms with E-state index in [0.29, 0.717) is 17.5 Å². The van der Waals surface area contributed by atoms with Crippen LogP contribution in [0.5, 0.6) is 11.5 Å². The van der Waals surface area contributed by atoms with Gasteiger partial charge in [-0.3, -0.25) is 5.43 Å². The molecule has 3 N–H and O–H groups in total. The van der Waals surface area contributed by atoms with Crippen LogP contribution in [0.25, 0.3) is 0 Å². The number of thiocarbonyl (C=S) groups is 1. The van der Waals surface area contributed by atoms with Crippen molar-refractivity contribution in [2.75, 3.05) is 13.2 Å². The zero-order chi connectivity index (χ0) is 20.5. The predicted octanol–water partition coefficient (Wildman–Crippen LogP) is 5.51. The van der Waals surface area contributed by atoms with Crippen molar-refractivity contribution >= 4 is 23.5 Å². The third-order valence-corrected chi connectivity index (χ3v) is 4.71. The van der Waals surface area contributed by atoms with Gasteiger partial charge in [0.1, 0.15) is 0 Å². The fourth-order valence-electron chi connectivity index (χ4n) is 2.90. The summed E-state index contributed by atoms with van der Waals surface area (Å²) in [5.74, 6) is 0.578. The van der Waals surface area contributed by atoms with Gasteiger partial charge in [0.15, 0.2) is 16.6 Å². The molecule has 1 aromatic rings. The zero-order valence-electron chi connectivity index (χ0n) is 17.5. The van der Waals surface area contributed by atoms with Crippen LogP contribution in [0.2, 0.25) is 0 Å². The van der Waals surface area contributed by atoms with E-state index in [9.17, 15) is 5.11 Å². The molecule has 0 aliphatic heterocycles. The van der Waals surface area contributed by atoms with Crippen LogP contribution in [0.1, 0.15) is 83.6 Å². The lowest BCUT2D eigenvalue weighted by Gasteiger charge is -2.07. The molecule has 0 atom stereocenters. The highest BCUT2D eigenvalue weighted by atomic mass is 32.1. The third-order valence-electron chi connectivity index (χ3n) is 4.48. The molecule has 0 saturated carbocycles. The van der Waals surface area contributed by atoms with Crippen LogP contribution < -0.4 is 15.5 Å². The third kappa shape index (κ3) is 11.8. The molecule has 0 heterocycles. The summed E-state index contributed by atoms with van der Waals surface area (Å²) >= 11 is 5.23. The van der Waals surface area contributed by atoms with Crippen molar-refractivity contribution in [2.24, 2.45) is 5.10 Å². The first kappa shape index (κ1) is 24.2. The molecule has 28 heavy (non-hydrogen) atoms. The maximum Gasteiger partial charge on any atom is 0.186 e. The van der Waals surface area contributed by atoms with Gasteiger partial charge in [-0.2, -0.15) is 5.10 Å². The van der Waals surface area contributed by atoms with Crippen LogP contribution >= 0.6 is 12.2 Å². The Balaban J connectivity index is 2.06. The van der Waals surface area contributed by atoms with Gasteiger partial charge in [-0.15, -0.1) is 0 Å². The molecule has 0 radical (unpaired) electrons. The van der Waals surface area contributed by atoms with Gasteiger partial charge in [-0.05, 0) is 49.3 Å². The number of ether oxygens (including phenoxy) is 1. The average Bonchev–Trinajstić information content (AvgIpc) is 2.69. The zero-order valence-corrected chi connectivity index (χ0v) is 18.3. The minimum Gasteiger partial charge on any atom is -0.504 e. The number of hydrazone groups is 1. The molecular formula is C22H37N3O2S. The summed E-state index contributed by atoms with van der Waals surface area (Å²) in [6.07, 6.45) is 14.9. The van der Waals surface area contributed by atoms with Crippen molar-refractivity contribution in [1.29, 1.82) is 0 Å². The first-order chi connectivity index (χ1) is 13.7. The minimum absolute atomic E-state index is 0.126. The summed E-state index contributed by atoms with van der Waals surface area (Å²) < 4.78 is 5.36. The van der Waals surface area contributed by atoms with Crippen molar-refractivity contribution in [3.8, 4) is 11.5 Å². The molecule has 0 aliphatic rings. The number of nitrogens with zero attached hydrogens (tertiary/aromatic N) is 1. The number of phenolic OH excluding ortho intramolecular Hbond substituents is 1. The Bertz CT molecular complexity index is 579. The van der Waals surface area contributed by atoms with E-state index in [1.807, 2.05) is 6.92 Å². The maximum atomic E-state index is 9.70. The van der Waals surface area contributed by atoms with Crippen molar-refractivity contribution < 1.29 is 9.84 Å². The van der Waals surface area contributed by atoms with E-state index in [0.717, 1.165) is 18.5 Å². The Labute approximate surface area is 176 Å². The molecule has 0 spiro atoms. The van der Waals surface area contributed by atoms with E-state index < -0.39 is 0 Å². The fourth-order valence-corrected chi connectivity index (χ4v) is 3.06. The number of benzene rings is 1. The number of hydrogen-bond acceptors (Lipinski definition) is 4. The molecule has 0 amide bonds. The van der Waals surface area contributed by atoms with Gasteiger partial charge in [0.2, 0.25) is 0 Å². The van der Waals surface area contributed by atoms with Gasteiger partial charge in [0.05, 0.1) is 12.8 Å². The Hall–Kier alpha value is -1.82. The van der Waals surface area contributed by atoms with E-state index in [2.05, 4.69) is 22.8 Å². The summed E-state index contributed by atoms with van der Waals surface area (Å²) in [7, 11) is 0. The minimum atomic E-state index is 0.126. The normalized spacial score (nSPS) is 10.9. The highest BCUT2D eigenvalue weighted by molar-refractivity contribution is 7.80. The van der Waals surface area contributed by atoms with Crippen molar-refractivity contribution in [3.63, 3.8) is 0 Å². The van der Waals surface area contributed by atoms with Crippen molar-refractivity contribution in [2.45, 2.75) is 78.1 Å². The SMILES string of the molecule is CCCCCCCCCCCCNC(=S)NN=Cc1ccc(O)c(OCC)c1. The molecule has 158 valence electrons. The first-order valence-corrected chi connectivity index (χ1v) is 11.1. The molecule has 5 nitrogen and oxygen atoms in total. The molecule has 0 bridgehead atoms. The van der Waals surface area contributed by atoms with Gasteiger partial charge in [0, 0.05) is 6.54 Å². The Morgan fingerprint density at radius 3 is 2.32 bits per heavy atom. The van der Waals surface area contributed by atoms with Crippen LogP contribution in [0.3, 0.4) is 0 Å². The summed E-state index contributed by atoms with van der Waals surface area (Å²) in [4.78, 5) is 0. The highest BCUT2D eigenvalue weighted by Crippen LogP contribution is 2.26. The second-order valence-corrected chi connectivity index (χ2v) is 7.38. The second kappa shape index (κ2) is 16.2. The van der Waals surface area contributed by atoms with Gasteiger partial charge in [-0.25, -0.2) is 0 Å². The smallest absolute Gasteiger partial charge is 0.186 e. The Morgan fingerprint density at radius 1 is 1.04 bits per heavy atom. The van der Waals surface area contributed by atoms with E-state index in [-0.39, 0.29) is 5.75 Å². The monoisotopic (exact) mass is 407 g/mol. The number of rotatable bonds is 15. The van der Waals surface area contributed by atoms with Crippen molar-refractivity contribution in [3.05, 3.63) is 23.8 Å². The lowest BCUT2D eigenvalue weighted by Crippen LogP contribution is -2.32. The largest absolute Gasteiger partial charge is 0.504 e. The van der Waals surface area contributed by atoms with Crippen LogP contribution in [0, 0.1) is 0 Å².